The highest BCUT2D eigenvalue weighted by molar-refractivity contribution is 8.14. The second-order valence-corrected chi connectivity index (χ2v) is 5.80. The van der Waals surface area contributed by atoms with Gasteiger partial charge < -0.3 is 4.74 Å². The number of rotatable bonds is 5. The maximum absolute atomic E-state index is 11.8. The van der Waals surface area contributed by atoms with E-state index in [4.69, 9.17) is 4.74 Å². The summed E-state index contributed by atoms with van der Waals surface area (Å²) in [6.07, 6.45) is 0. The van der Waals surface area contributed by atoms with E-state index in [-0.39, 0.29) is 11.8 Å². The first-order chi connectivity index (χ1) is 12.7. The number of carbonyl (C=O) groups excluding carboxylic acids is 1. The molecule has 2 rings (SSSR count). The van der Waals surface area contributed by atoms with Crippen molar-refractivity contribution in [2.24, 2.45) is 15.3 Å². The fourth-order valence-electron chi connectivity index (χ4n) is 1.71. The third kappa shape index (κ3) is 6.32. The molecule has 2 aromatic carbocycles. The maximum atomic E-state index is 11.8. The van der Waals surface area contributed by atoms with Crippen LogP contribution in [0.4, 0.5) is 11.4 Å². The van der Waals surface area contributed by atoms with Crippen molar-refractivity contribution >= 4 is 34.3 Å². The van der Waals surface area contributed by atoms with Crippen LogP contribution >= 0.6 is 11.8 Å². The zero-order valence-corrected chi connectivity index (χ0v) is 14.8. The Balaban J connectivity index is 2.29. The molecule has 130 valence electrons. The van der Waals surface area contributed by atoms with Crippen molar-refractivity contribution in [2.45, 2.75) is 12.2 Å². The number of esters is 1. The molecular formula is C18H16N5O2S+. The highest BCUT2D eigenvalue weighted by atomic mass is 32.2. The summed E-state index contributed by atoms with van der Waals surface area (Å²) >= 11 is 0.837. The molecule has 0 aliphatic rings. The van der Waals surface area contributed by atoms with Crippen molar-refractivity contribution < 1.29 is 14.3 Å². The molecule has 7 nitrogen and oxygen atoms in total. The molecule has 1 unspecified atom stereocenters. The molecule has 8 heteroatoms. The van der Waals surface area contributed by atoms with Gasteiger partial charge in [0.1, 0.15) is 16.5 Å². The Morgan fingerprint density at radius 1 is 1.15 bits per heavy atom. The average Bonchev–Trinajstić information content (AvgIpc) is 2.69. The van der Waals surface area contributed by atoms with Gasteiger partial charge in [-0.2, -0.15) is 5.26 Å². The molecule has 0 saturated heterocycles. The van der Waals surface area contributed by atoms with Gasteiger partial charge in [0.25, 0.3) is 0 Å². The molecule has 0 aliphatic heterocycles. The summed E-state index contributed by atoms with van der Waals surface area (Å²) in [4.78, 5) is 15.9. The summed E-state index contributed by atoms with van der Waals surface area (Å²) in [6.45, 7) is 1.86. The number of hydrogen-bond donors (Lipinski definition) is 0. The van der Waals surface area contributed by atoms with E-state index in [1.165, 1.54) is 0 Å². The molecule has 0 radical (unpaired) electrons. The lowest BCUT2D eigenvalue weighted by Gasteiger charge is -2.02. The van der Waals surface area contributed by atoms with Crippen molar-refractivity contribution in [3.63, 3.8) is 0 Å². The van der Waals surface area contributed by atoms with Crippen LogP contribution in [0.15, 0.2) is 76.0 Å². The van der Waals surface area contributed by atoms with Crippen molar-refractivity contribution in [1.29, 1.82) is 5.26 Å². The molecule has 0 saturated carbocycles. The van der Waals surface area contributed by atoms with Gasteiger partial charge in [0.2, 0.25) is 5.25 Å². The lowest BCUT2D eigenvalue weighted by Crippen LogP contribution is -2.20. The summed E-state index contributed by atoms with van der Waals surface area (Å²) in [5.74, 6) is -0.651. The Morgan fingerprint density at radius 2 is 1.77 bits per heavy atom. The number of carbonyl (C=O) groups is 1. The number of thioether (sulfide) groups is 1. The molecule has 2 aromatic rings. The number of nitriles is 1. The minimum atomic E-state index is -1.10. The van der Waals surface area contributed by atoms with Crippen LogP contribution in [-0.4, -0.2) is 27.8 Å². The summed E-state index contributed by atoms with van der Waals surface area (Å²) in [5.41, 5.74) is 1.23. The van der Waals surface area contributed by atoms with E-state index in [9.17, 15) is 10.1 Å². The van der Waals surface area contributed by atoms with Crippen LogP contribution in [0, 0.1) is 11.3 Å². The Kier molecular flexibility index (Phi) is 7.74. The lowest BCUT2D eigenvalue weighted by molar-refractivity contribution is -0.141. The van der Waals surface area contributed by atoms with Crippen LogP contribution < -0.4 is 0 Å². The second-order valence-electron chi connectivity index (χ2n) is 4.73. The molecule has 1 atom stereocenters. The summed E-state index contributed by atoms with van der Waals surface area (Å²) in [6, 6.07) is 20.0. The first kappa shape index (κ1) is 19.1. The van der Waals surface area contributed by atoms with Crippen LogP contribution in [0.2, 0.25) is 0 Å². The van der Waals surface area contributed by atoms with Gasteiger partial charge in [0.05, 0.1) is 12.7 Å². The van der Waals surface area contributed by atoms with E-state index < -0.39 is 11.2 Å². The molecule has 0 bridgehead atoms. The summed E-state index contributed by atoms with van der Waals surface area (Å²) in [5, 5.41) is 20.3. The van der Waals surface area contributed by atoms with Crippen LogP contribution in [0.3, 0.4) is 0 Å². The molecular weight excluding hydrogens is 350 g/mol. The Labute approximate surface area is 155 Å². The van der Waals surface area contributed by atoms with E-state index in [1.807, 2.05) is 42.5 Å². The highest BCUT2D eigenvalue weighted by Gasteiger charge is 2.28. The first-order valence-electron chi connectivity index (χ1n) is 7.76. The molecule has 0 spiro atoms. The van der Waals surface area contributed by atoms with Crippen molar-refractivity contribution in [1.82, 2.24) is 0 Å². The monoisotopic (exact) mass is 366 g/mol. The fourth-order valence-corrected chi connectivity index (χ4v) is 2.31. The summed E-state index contributed by atoms with van der Waals surface area (Å²) in [7, 11) is 0. The van der Waals surface area contributed by atoms with Gasteiger partial charge in [-0.15, -0.1) is 0 Å². The topological polar surface area (TPSA) is 101 Å². The maximum Gasteiger partial charge on any atom is 0.507 e. The molecule has 26 heavy (non-hydrogen) atoms. The molecule has 0 fully saturated rings. The number of azo groups is 1. The van der Waals surface area contributed by atoms with Crippen LogP contribution in [-0.2, 0) is 9.53 Å². The van der Waals surface area contributed by atoms with Gasteiger partial charge in [-0.1, -0.05) is 41.2 Å². The number of nitrogens with zero attached hydrogens (tertiary/aromatic N) is 5. The third-order valence-electron chi connectivity index (χ3n) is 2.86. The van der Waals surface area contributed by atoms with E-state index in [1.54, 1.807) is 31.2 Å². The van der Waals surface area contributed by atoms with E-state index in [0.29, 0.717) is 11.4 Å². The van der Waals surface area contributed by atoms with E-state index in [0.717, 1.165) is 11.8 Å². The quantitative estimate of drug-likeness (QED) is 0.259. The van der Waals surface area contributed by atoms with Crippen LogP contribution in [0.1, 0.15) is 6.92 Å². The predicted octanol–water partition coefficient (Wildman–Crippen LogP) is 4.31. The number of benzene rings is 2. The van der Waals surface area contributed by atoms with Gasteiger partial charge in [0.15, 0.2) is 0 Å². The molecule has 0 aromatic heterocycles. The molecule has 0 aliphatic carbocycles. The molecule has 0 amide bonds. The SMILES string of the molecule is CCOC(=O)C(C#N)SC(N=Nc1ccccc1)=[N+]=Nc1ccccc1. The van der Waals surface area contributed by atoms with Crippen molar-refractivity contribution in [3.05, 3.63) is 60.7 Å². The van der Waals surface area contributed by atoms with Crippen LogP contribution in [0.5, 0.6) is 0 Å². The van der Waals surface area contributed by atoms with Crippen molar-refractivity contribution in [2.75, 3.05) is 6.61 Å². The number of hydrogen-bond acceptors (Lipinski definition) is 6. The third-order valence-corrected chi connectivity index (χ3v) is 3.76. The highest BCUT2D eigenvalue weighted by Crippen LogP contribution is 2.18. The van der Waals surface area contributed by atoms with Crippen molar-refractivity contribution in [3.8, 4) is 6.07 Å². The van der Waals surface area contributed by atoms with Gasteiger partial charge in [-0.05, 0) is 36.3 Å². The minimum absolute atomic E-state index is 0.0808. The first-order valence-corrected chi connectivity index (χ1v) is 8.64. The predicted molar refractivity (Wildman–Crippen MR) is 98.4 cm³/mol. The Bertz CT molecular complexity index is 856. The van der Waals surface area contributed by atoms with Gasteiger partial charge in [0, 0.05) is 16.9 Å². The minimum Gasteiger partial charge on any atom is -0.464 e. The number of ether oxygens (including phenoxy) is 1. The van der Waals surface area contributed by atoms with Gasteiger partial charge in [-0.3, -0.25) is 0 Å². The van der Waals surface area contributed by atoms with Gasteiger partial charge in [-0.25, -0.2) is 4.79 Å². The van der Waals surface area contributed by atoms with Crippen LogP contribution in [0.25, 0.3) is 0 Å². The Hall–Kier alpha value is -3.27. The van der Waals surface area contributed by atoms with E-state index >= 15 is 0 Å². The largest absolute Gasteiger partial charge is 0.507 e. The zero-order chi connectivity index (χ0) is 18.6. The normalized spacial score (nSPS) is 11.2. The fraction of sp³-hybridized carbons (Fsp3) is 0.167. The standard InChI is InChI=1S/C18H16N5O2S/c1-2-25-17(24)16(13-19)26-18(22-20-14-9-5-3-6-10-14)23-21-15-11-7-4-8-12-15/h3-12,16H,2H2,1H3/q+1. The zero-order valence-electron chi connectivity index (χ0n) is 14.0. The van der Waals surface area contributed by atoms with E-state index in [2.05, 4.69) is 20.1 Å². The molecule has 0 N–H and O–H groups in total. The average molecular weight is 366 g/mol. The lowest BCUT2D eigenvalue weighted by atomic mass is 10.3. The van der Waals surface area contributed by atoms with Gasteiger partial charge >= 0.3 is 11.1 Å². The molecule has 0 heterocycles. The smallest absolute Gasteiger partial charge is 0.464 e. The second kappa shape index (κ2) is 10.6. The number of amidine groups is 1. The summed E-state index contributed by atoms with van der Waals surface area (Å²) < 4.78 is 4.88. The Morgan fingerprint density at radius 3 is 2.35 bits per heavy atom.